The SMILES string of the molecule is CN(C)C=C1C(=O)Nc2cccc(Cl)c21. The number of hydrogen-bond donors (Lipinski definition) is 1. The molecule has 0 saturated heterocycles. The van der Waals surface area contributed by atoms with Crippen LogP contribution in [0.1, 0.15) is 5.56 Å². The molecule has 1 aliphatic rings. The van der Waals surface area contributed by atoms with Crippen molar-refractivity contribution in [2.45, 2.75) is 0 Å². The van der Waals surface area contributed by atoms with Crippen LogP contribution in [0.2, 0.25) is 5.02 Å². The van der Waals surface area contributed by atoms with Gasteiger partial charge < -0.3 is 10.2 Å². The molecule has 0 radical (unpaired) electrons. The smallest absolute Gasteiger partial charge is 0.257 e. The van der Waals surface area contributed by atoms with E-state index >= 15 is 0 Å². The van der Waals surface area contributed by atoms with Crippen LogP contribution in [0.25, 0.3) is 5.57 Å². The summed E-state index contributed by atoms with van der Waals surface area (Å²) in [6, 6.07) is 5.44. The van der Waals surface area contributed by atoms with E-state index in [0.717, 1.165) is 11.3 Å². The number of carbonyl (C=O) groups is 1. The van der Waals surface area contributed by atoms with Gasteiger partial charge in [-0.1, -0.05) is 17.7 Å². The maximum absolute atomic E-state index is 11.7. The van der Waals surface area contributed by atoms with Gasteiger partial charge in [0, 0.05) is 25.9 Å². The Balaban J connectivity index is 2.58. The van der Waals surface area contributed by atoms with Gasteiger partial charge >= 0.3 is 0 Å². The second kappa shape index (κ2) is 3.59. The van der Waals surface area contributed by atoms with Gasteiger partial charge in [-0.3, -0.25) is 4.79 Å². The Labute approximate surface area is 93.3 Å². The molecule has 0 atom stereocenters. The second-order valence-electron chi connectivity index (χ2n) is 3.62. The van der Waals surface area contributed by atoms with Gasteiger partial charge in [0.1, 0.15) is 0 Å². The summed E-state index contributed by atoms with van der Waals surface area (Å²) in [5.74, 6) is -0.105. The number of rotatable bonds is 1. The predicted molar refractivity (Wildman–Crippen MR) is 61.7 cm³/mol. The van der Waals surface area contributed by atoms with E-state index in [0.29, 0.717) is 10.6 Å². The Hall–Kier alpha value is -1.48. The minimum atomic E-state index is -0.105. The summed E-state index contributed by atoms with van der Waals surface area (Å²) in [5.41, 5.74) is 2.18. The minimum Gasteiger partial charge on any atom is -0.383 e. The standard InChI is InChI=1S/C11H11ClN2O/c1-14(2)6-7-10-8(12)4-3-5-9(10)13-11(7)15/h3-6H,1-2H3,(H,13,15). The van der Waals surface area contributed by atoms with Gasteiger partial charge in [0.05, 0.1) is 16.3 Å². The number of anilines is 1. The quantitative estimate of drug-likeness (QED) is 0.739. The van der Waals surface area contributed by atoms with Crippen molar-refractivity contribution in [3.05, 3.63) is 35.0 Å². The molecule has 1 heterocycles. The number of amides is 1. The predicted octanol–water partition coefficient (Wildman–Crippen LogP) is 2.19. The fraction of sp³-hybridized carbons (Fsp3) is 0.182. The lowest BCUT2D eigenvalue weighted by molar-refractivity contribution is -0.110. The zero-order valence-corrected chi connectivity index (χ0v) is 9.30. The first-order chi connectivity index (χ1) is 7.09. The number of halogens is 1. The van der Waals surface area contributed by atoms with Crippen molar-refractivity contribution in [2.75, 3.05) is 19.4 Å². The number of nitrogens with one attached hydrogen (secondary N) is 1. The molecule has 2 rings (SSSR count). The van der Waals surface area contributed by atoms with Crippen LogP contribution in [0, 0.1) is 0 Å². The third kappa shape index (κ3) is 1.70. The summed E-state index contributed by atoms with van der Waals surface area (Å²) < 4.78 is 0. The lowest BCUT2D eigenvalue weighted by Gasteiger charge is -2.06. The largest absolute Gasteiger partial charge is 0.383 e. The highest BCUT2D eigenvalue weighted by molar-refractivity contribution is 6.39. The van der Waals surface area contributed by atoms with Gasteiger partial charge in [-0.05, 0) is 12.1 Å². The van der Waals surface area contributed by atoms with Crippen molar-refractivity contribution in [2.24, 2.45) is 0 Å². The number of fused-ring (bicyclic) bond motifs is 1. The number of nitrogens with zero attached hydrogens (tertiary/aromatic N) is 1. The van der Waals surface area contributed by atoms with Crippen LogP contribution >= 0.6 is 11.6 Å². The number of hydrogen-bond acceptors (Lipinski definition) is 2. The fourth-order valence-corrected chi connectivity index (χ4v) is 1.86. The van der Waals surface area contributed by atoms with Crippen LogP contribution in [0.15, 0.2) is 24.4 Å². The van der Waals surface area contributed by atoms with Crippen LogP contribution in [0.4, 0.5) is 5.69 Å². The van der Waals surface area contributed by atoms with E-state index < -0.39 is 0 Å². The summed E-state index contributed by atoms with van der Waals surface area (Å²) in [5, 5.41) is 3.37. The van der Waals surface area contributed by atoms with E-state index in [1.165, 1.54) is 0 Å². The van der Waals surface area contributed by atoms with E-state index in [9.17, 15) is 4.79 Å². The molecule has 0 saturated carbocycles. The lowest BCUT2D eigenvalue weighted by atomic mass is 10.1. The molecule has 78 valence electrons. The number of benzene rings is 1. The Morgan fingerprint density at radius 3 is 2.80 bits per heavy atom. The molecule has 0 spiro atoms. The van der Waals surface area contributed by atoms with Gasteiger partial charge in [-0.25, -0.2) is 0 Å². The van der Waals surface area contributed by atoms with Crippen LogP contribution in [-0.2, 0) is 4.79 Å². The van der Waals surface area contributed by atoms with Crippen molar-refractivity contribution in [3.8, 4) is 0 Å². The van der Waals surface area contributed by atoms with Gasteiger partial charge in [0.25, 0.3) is 5.91 Å². The summed E-state index contributed by atoms with van der Waals surface area (Å²) in [6.45, 7) is 0. The normalized spacial score (nSPS) is 16.5. The molecule has 1 aliphatic heterocycles. The summed E-state index contributed by atoms with van der Waals surface area (Å²) in [4.78, 5) is 13.5. The summed E-state index contributed by atoms with van der Waals surface area (Å²) in [7, 11) is 3.74. The van der Waals surface area contributed by atoms with Crippen LogP contribution < -0.4 is 5.32 Å². The monoisotopic (exact) mass is 222 g/mol. The zero-order valence-electron chi connectivity index (χ0n) is 8.54. The highest BCUT2D eigenvalue weighted by Gasteiger charge is 2.26. The molecular formula is C11H11ClN2O. The Morgan fingerprint density at radius 2 is 2.13 bits per heavy atom. The molecule has 1 amide bonds. The Bertz CT molecular complexity index is 452. The second-order valence-corrected chi connectivity index (χ2v) is 4.03. The molecule has 1 aromatic rings. The number of carbonyl (C=O) groups excluding carboxylic acids is 1. The van der Waals surface area contributed by atoms with Crippen molar-refractivity contribution in [1.82, 2.24) is 4.90 Å². The molecule has 3 nitrogen and oxygen atoms in total. The van der Waals surface area contributed by atoms with Crippen LogP contribution in [-0.4, -0.2) is 24.9 Å². The van der Waals surface area contributed by atoms with Gasteiger partial charge in [-0.2, -0.15) is 0 Å². The molecule has 0 aromatic heterocycles. The van der Waals surface area contributed by atoms with E-state index in [4.69, 9.17) is 11.6 Å². The van der Waals surface area contributed by atoms with Crippen molar-refractivity contribution >= 4 is 28.8 Å². The highest BCUT2D eigenvalue weighted by Crippen LogP contribution is 2.36. The first kappa shape index (κ1) is 10.1. The molecule has 0 fully saturated rings. The maximum atomic E-state index is 11.7. The van der Waals surface area contributed by atoms with Crippen LogP contribution in [0.3, 0.4) is 0 Å². The highest BCUT2D eigenvalue weighted by atomic mass is 35.5. The third-order valence-electron chi connectivity index (χ3n) is 2.16. The van der Waals surface area contributed by atoms with Gasteiger partial charge in [0.2, 0.25) is 0 Å². The van der Waals surface area contributed by atoms with Crippen LogP contribution in [0.5, 0.6) is 0 Å². The molecule has 0 bridgehead atoms. The lowest BCUT2D eigenvalue weighted by Crippen LogP contribution is -2.08. The van der Waals surface area contributed by atoms with E-state index in [-0.39, 0.29) is 5.91 Å². The summed E-state index contributed by atoms with van der Waals surface area (Å²) >= 11 is 6.06. The average Bonchev–Trinajstić information content (AvgIpc) is 2.43. The molecule has 15 heavy (non-hydrogen) atoms. The van der Waals surface area contributed by atoms with Crippen molar-refractivity contribution in [1.29, 1.82) is 0 Å². The topological polar surface area (TPSA) is 32.3 Å². The van der Waals surface area contributed by atoms with Gasteiger partial charge in [-0.15, -0.1) is 0 Å². The van der Waals surface area contributed by atoms with E-state index in [1.807, 2.05) is 31.1 Å². The molecular weight excluding hydrogens is 212 g/mol. The molecule has 0 unspecified atom stereocenters. The van der Waals surface area contributed by atoms with Gasteiger partial charge in [0.15, 0.2) is 0 Å². The first-order valence-electron chi connectivity index (χ1n) is 4.58. The summed E-state index contributed by atoms with van der Waals surface area (Å²) in [6.07, 6.45) is 1.77. The fourth-order valence-electron chi connectivity index (χ4n) is 1.59. The van der Waals surface area contributed by atoms with E-state index in [2.05, 4.69) is 5.32 Å². The third-order valence-corrected chi connectivity index (χ3v) is 2.48. The Kier molecular flexibility index (Phi) is 2.40. The Morgan fingerprint density at radius 1 is 1.40 bits per heavy atom. The maximum Gasteiger partial charge on any atom is 0.257 e. The van der Waals surface area contributed by atoms with Crippen molar-refractivity contribution < 1.29 is 4.79 Å². The first-order valence-corrected chi connectivity index (χ1v) is 4.96. The van der Waals surface area contributed by atoms with Crippen molar-refractivity contribution in [3.63, 3.8) is 0 Å². The molecule has 1 N–H and O–H groups in total. The average molecular weight is 223 g/mol. The molecule has 1 aromatic carbocycles. The van der Waals surface area contributed by atoms with E-state index in [1.54, 1.807) is 12.3 Å². The zero-order chi connectivity index (χ0) is 11.0. The molecule has 0 aliphatic carbocycles. The molecule has 4 heteroatoms. The minimum absolute atomic E-state index is 0.105.